The number of aromatic nitrogens is 1. The molecule has 0 unspecified atom stereocenters. The van der Waals surface area contributed by atoms with Gasteiger partial charge in [0.2, 0.25) is 0 Å². The molecule has 0 radical (unpaired) electrons. The van der Waals surface area contributed by atoms with Gasteiger partial charge < -0.3 is 9.67 Å². The number of aromatic hydroxyl groups is 1. The lowest BCUT2D eigenvalue weighted by atomic mass is 10.0. The molecule has 0 saturated carbocycles. The molecule has 0 aliphatic heterocycles. The smallest absolute Gasteiger partial charge is 0.264 e. The number of hydrogen-bond donors (Lipinski definition) is 2. The zero-order chi connectivity index (χ0) is 16.4. The molecule has 1 aromatic heterocycles. The van der Waals surface area contributed by atoms with Crippen LogP contribution < -0.4 is 5.56 Å². The Bertz CT molecular complexity index is 913. The van der Waals surface area contributed by atoms with Gasteiger partial charge in [-0.1, -0.05) is 60.7 Å². The summed E-state index contributed by atoms with van der Waals surface area (Å²) in [7, 11) is 1.64. The molecule has 0 fully saturated rings. The largest absolute Gasteiger partial charge is 0.507 e. The van der Waals surface area contributed by atoms with Crippen LogP contribution in [0.25, 0.3) is 11.3 Å². The van der Waals surface area contributed by atoms with Gasteiger partial charge in [0.15, 0.2) is 0 Å². The van der Waals surface area contributed by atoms with Crippen LogP contribution >= 0.6 is 0 Å². The fraction of sp³-hybridized carbons (Fsp3) is 0.0526. The van der Waals surface area contributed by atoms with Crippen LogP contribution in [0, 0.1) is 5.41 Å². The van der Waals surface area contributed by atoms with Crippen molar-refractivity contribution in [1.82, 2.24) is 4.57 Å². The van der Waals surface area contributed by atoms with Crippen molar-refractivity contribution in [1.29, 1.82) is 5.41 Å². The summed E-state index contributed by atoms with van der Waals surface area (Å²) in [6.07, 6.45) is 0. The van der Waals surface area contributed by atoms with E-state index < -0.39 is 5.56 Å². The van der Waals surface area contributed by atoms with Crippen LogP contribution in [0.15, 0.2) is 71.5 Å². The maximum absolute atomic E-state index is 12.7. The van der Waals surface area contributed by atoms with Crippen LogP contribution in [0.1, 0.15) is 11.1 Å². The van der Waals surface area contributed by atoms with Crippen LogP contribution in [-0.4, -0.2) is 15.4 Å². The molecular weight excluding hydrogens is 288 g/mol. The molecule has 0 saturated heterocycles. The predicted molar refractivity (Wildman–Crippen MR) is 91.2 cm³/mol. The Morgan fingerprint density at radius 1 is 1.00 bits per heavy atom. The second-order valence-corrected chi connectivity index (χ2v) is 5.26. The first-order valence-corrected chi connectivity index (χ1v) is 7.22. The number of benzene rings is 2. The minimum Gasteiger partial charge on any atom is -0.507 e. The Labute approximate surface area is 133 Å². The molecule has 114 valence electrons. The highest BCUT2D eigenvalue weighted by atomic mass is 16.3. The normalized spacial score (nSPS) is 10.5. The number of nitrogens with one attached hydrogen (secondary N) is 1. The van der Waals surface area contributed by atoms with Crippen LogP contribution in [0.4, 0.5) is 0 Å². The summed E-state index contributed by atoms with van der Waals surface area (Å²) in [6.45, 7) is 0. The van der Waals surface area contributed by atoms with Gasteiger partial charge in [-0.05, 0) is 5.56 Å². The third-order valence-corrected chi connectivity index (χ3v) is 3.79. The van der Waals surface area contributed by atoms with E-state index in [0.717, 1.165) is 5.56 Å². The first-order valence-electron chi connectivity index (χ1n) is 7.22. The van der Waals surface area contributed by atoms with Gasteiger partial charge in [0.05, 0.1) is 11.4 Å². The first-order chi connectivity index (χ1) is 11.1. The Balaban J connectivity index is 2.17. The van der Waals surface area contributed by atoms with Crippen LogP contribution in [0.3, 0.4) is 0 Å². The molecule has 3 aromatic rings. The zero-order valence-electron chi connectivity index (χ0n) is 12.7. The van der Waals surface area contributed by atoms with Gasteiger partial charge in [0.1, 0.15) is 11.3 Å². The molecule has 1 heterocycles. The van der Waals surface area contributed by atoms with E-state index in [2.05, 4.69) is 0 Å². The fourth-order valence-electron chi connectivity index (χ4n) is 2.56. The summed E-state index contributed by atoms with van der Waals surface area (Å²) < 4.78 is 1.46. The molecule has 2 aromatic carbocycles. The number of nitrogens with zero attached hydrogens (tertiary/aromatic N) is 1. The molecule has 4 heteroatoms. The highest BCUT2D eigenvalue weighted by molar-refractivity contribution is 6.12. The lowest BCUT2D eigenvalue weighted by Crippen LogP contribution is -2.26. The van der Waals surface area contributed by atoms with Gasteiger partial charge in [-0.25, -0.2) is 0 Å². The summed E-state index contributed by atoms with van der Waals surface area (Å²) in [5.74, 6) is -0.180. The third kappa shape index (κ3) is 2.66. The lowest BCUT2D eigenvalue weighted by molar-refractivity contribution is 0.471. The summed E-state index contributed by atoms with van der Waals surface area (Å²) in [5.41, 5.74) is 1.67. The van der Waals surface area contributed by atoms with Gasteiger partial charge in [-0.2, -0.15) is 0 Å². The second kappa shape index (κ2) is 5.93. The van der Waals surface area contributed by atoms with Crippen molar-refractivity contribution in [3.63, 3.8) is 0 Å². The minimum absolute atomic E-state index is 0.0124. The zero-order valence-corrected chi connectivity index (χ0v) is 12.7. The second-order valence-electron chi connectivity index (χ2n) is 5.26. The van der Waals surface area contributed by atoms with Crippen LogP contribution in [0.5, 0.6) is 5.75 Å². The van der Waals surface area contributed by atoms with Crippen molar-refractivity contribution in [2.75, 3.05) is 0 Å². The number of pyridine rings is 1. The highest BCUT2D eigenvalue weighted by Crippen LogP contribution is 2.24. The number of hydrogen-bond acceptors (Lipinski definition) is 3. The standard InChI is InChI=1S/C19H16N2O2/c1-21-15(13-8-4-2-5-9-13)12-16(22)17(19(21)23)18(20)14-10-6-3-7-11-14/h2-12,20,22H,1H3. The predicted octanol–water partition coefficient (Wildman–Crippen LogP) is 3.17. The fourth-order valence-corrected chi connectivity index (χ4v) is 2.56. The Hall–Kier alpha value is -3.14. The van der Waals surface area contributed by atoms with E-state index in [4.69, 9.17) is 5.41 Å². The Kier molecular flexibility index (Phi) is 3.81. The molecule has 0 atom stereocenters. The SMILES string of the molecule is Cn1c(-c2ccccc2)cc(O)c(C(=N)c2ccccc2)c1=O. The average Bonchev–Trinajstić information content (AvgIpc) is 2.59. The minimum atomic E-state index is -0.391. The van der Waals surface area contributed by atoms with E-state index in [1.54, 1.807) is 31.3 Å². The van der Waals surface area contributed by atoms with Gasteiger partial charge in [-0.3, -0.25) is 10.2 Å². The molecule has 0 aliphatic carbocycles. The Morgan fingerprint density at radius 3 is 2.17 bits per heavy atom. The van der Waals surface area contributed by atoms with E-state index in [-0.39, 0.29) is 17.0 Å². The Morgan fingerprint density at radius 2 is 1.57 bits per heavy atom. The monoisotopic (exact) mass is 304 g/mol. The molecule has 0 aliphatic rings. The van der Waals surface area contributed by atoms with Crippen molar-refractivity contribution in [2.45, 2.75) is 0 Å². The summed E-state index contributed by atoms with van der Waals surface area (Å²) in [5, 5.41) is 18.6. The lowest BCUT2D eigenvalue weighted by Gasteiger charge is -2.13. The molecule has 3 rings (SSSR count). The van der Waals surface area contributed by atoms with E-state index in [0.29, 0.717) is 11.3 Å². The van der Waals surface area contributed by atoms with Gasteiger partial charge in [0, 0.05) is 18.7 Å². The van der Waals surface area contributed by atoms with Crippen molar-refractivity contribution >= 4 is 5.71 Å². The van der Waals surface area contributed by atoms with Crippen molar-refractivity contribution in [3.8, 4) is 17.0 Å². The maximum atomic E-state index is 12.7. The molecule has 23 heavy (non-hydrogen) atoms. The molecule has 4 nitrogen and oxygen atoms in total. The van der Waals surface area contributed by atoms with Crippen LogP contribution in [0.2, 0.25) is 0 Å². The van der Waals surface area contributed by atoms with Crippen molar-refractivity contribution in [2.24, 2.45) is 7.05 Å². The van der Waals surface area contributed by atoms with Gasteiger partial charge in [0.25, 0.3) is 5.56 Å². The molecule has 2 N–H and O–H groups in total. The summed E-state index contributed by atoms with van der Waals surface area (Å²) in [6, 6.07) is 19.8. The first kappa shape index (κ1) is 14.8. The van der Waals surface area contributed by atoms with E-state index in [1.165, 1.54) is 10.6 Å². The number of rotatable bonds is 3. The summed E-state index contributed by atoms with van der Waals surface area (Å²) in [4.78, 5) is 12.7. The third-order valence-electron chi connectivity index (χ3n) is 3.79. The highest BCUT2D eigenvalue weighted by Gasteiger charge is 2.18. The topological polar surface area (TPSA) is 66.1 Å². The molecule has 0 amide bonds. The molecular formula is C19H16N2O2. The summed E-state index contributed by atoms with van der Waals surface area (Å²) >= 11 is 0. The van der Waals surface area contributed by atoms with Crippen molar-refractivity contribution in [3.05, 3.63) is 88.2 Å². The maximum Gasteiger partial charge on any atom is 0.264 e. The van der Waals surface area contributed by atoms with Crippen LogP contribution in [-0.2, 0) is 7.05 Å². The molecule has 0 spiro atoms. The quantitative estimate of drug-likeness (QED) is 0.730. The van der Waals surface area contributed by atoms with Crippen molar-refractivity contribution < 1.29 is 5.11 Å². The average molecular weight is 304 g/mol. The van der Waals surface area contributed by atoms with E-state index in [1.807, 2.05) is 36.4 Å². The molecule has 0 bridgehead atoms. The van der Waals surface area contributed by atoms with Gasteiger partial charge >= 0.3 is 0 Å². The van der Waals surface area contributed by atoms with E-state index in [9.17, 15) is 9.90 Å². The van der Waals surface area contributed by atoms with E-state index >= 15 is 0 Å². The van der Waals surface area contributed by atoms with Gasteiger partial charge in [-0.15, -0.1) is 0 Å².